The first-order chi connectivity index (χ1) is 7.34. The van der Waals surface area contributed by atoms with Gasteiger partial charge in [-0.05, 0) is 27.8 Å². The molecule has 96 valence electrons. The van der Waals surface area contributed by atoms with Crippen molar-refractivity contribution in [3.63, 3.8) is 0 Å². The van der Waals surface area contributed by atoms with Gasteiger partial charge in [-0.1, -0.05) is 0 Å². The Bertz CT molecular complexity index is 201. The minimum Gasteiger partial charge on any atom is -0.480 e. The van der Waals surface area contributed by atoms with Gasteiger partial charge in [0.05, 0.1) is 19.8 Å². The van der Waals surface area contributed by atoms with Crippen LogP contribution < -0.4 is 0 Å². The van der Waals surface area contributed by atoms with E-state index in [1.165, 1.54) is 0 Å². The fraction of sp³-hybridized carbons (Fsp3) is 0.909. The van der Waals surface area contributed by atoms with Crippen LogP contribution in [0.15, 0.2) is 0 Å². The predicted molar refractivity (Wildman–Crippen MR) is 61.7 cm³/mol. The van der Waals surface area contributed by atoms with Crippen molar-refractivity contribution in [1.29, 1.82) is 0 Å². The van der Waals surface area contributed by atoms with Crippen LogP contribution in [-0.4, -0.2) is 61.5 Å². The Labute approximate surface area is 97.3 Å². The van der Waals surface area contributed by atoms with Crippen LogP contribution in [0.25, 0.3) is 0 Å². The van der Waals surface area contributed by atoms with Crippen LogP contribution in [0.2, 0.25) is 0 Å². The van der Waals surface area contributed by atoms with E-state index in [0.29, 0.717) is 19.8 Å². The highest BCUT2D eigenvalue weighted by Crippen LogP contribution is 2.08. The number of ether oxygens (including phenoxy) is 2. The van der Waals surface area contributed by atoms with Gasteiger partial charge in [0.2, 0.25) is 0 Å². The summed E-state index contributed by atoms with van der Waals surface area (Å²) in [7, 11) is 2.05. The van der Waals surface area contributed by atoms with Crippen molar-refractivity contribution >= 4 is 5.97 Å². The topological polar surface area (TPSA) is 59.0 Å². The minimum atomic E-state index is -0.951. The number of aliphatic carboxylic acids is 1. The molecular weight excluding hydrogens is 210 g/mol. The maximum absolute atomic E-state index is 10.1. The third-order valence-corrected chi connectivity index (χ3v) is 2.31. The summed E-state index contributed by atoms with van der Waals surface area (Å²) in [6, 6.07) is 0. The zero-order chi connectivity index (χ0) is 12.6. The molecule has 0 bridgehead atoms. The average molecular weight is 233 g/mol. The second kappa shape index (κ2) is 7.60. The Kier molecular flexibility index (Phi) is 7.29. The Morgan fingerprint density at radius 2 is 1.75 bits per heavy atom. The van der Waals surface area contributed by atoms with E-state index in [0.717, 1.165) is 6.54 Å². The maximum atomic E-state index is 10.1. The van der Waals surface area contributed by atoms with E-state index in [9.17, 15) is 4.79 Å². The lowest BCUT2D eigenvalue weighted by molar-refractivity contribution is -0.142. The molecule has 0 saturated carbocycles. The first kappa shape index (κ1) is 15.3. The summed E-state index contributed by atoms with van der Waals surface area (Å²) in [4.78, 5) is 12.3. The Balaban J connectivity index is 3.31. The summed E-state index contributed by atoms with van der Waals surface area (Å²) >= 11 is 0. The fourth-order valence-electron chi connectivity index (χ4n) is 0.916. The first-order valence-electron chi connectivity index (χ1n) is 5.42. The predicted octanol–water partition coefficient (Wildman–Crippen LogP) is 0.835. The third kappa shape index (κ3) is 8.64. The van der Waals surface area contributed by atoms with Gasteiger partial charge in [-0.2, -0.15) is 0 Å². The summed E-state index contributed by atoms with van der Waals surface area (Å²) in [5.74, 6) is -0.951. The number of hydrogen-bond acceptors (Lipinski definition) is 4. The van der Waals surface area contributed by atoms with E-state index in [2.05, 4.69) is 25.7 Å². The minimum absolute atomic E-state index is 0.142. The van der Waals surface area contributed by atoms with Gasteiger partial charge in [-0.3, -0.25) is 4.90 Å². The molecule has 5 nitrogen and oxygen atoms in total. The van der Waals surface area contributed by atoms with Crippen LogP contribution in [0.3, 0.4) is 0 Å². The van der Waals surface area contributed by atoms with Crippen molar-refractivity contribution in [2.75, 3.05) is 40.0 Å². The van der Waals surface area contributed by atoms with Gasteiger partial charge in [0.15, 0.2) is 0 Å². The van der Waals surface area contributed by atoms with Gasteiger partial charge >= 0.3 is 5.97 Å². The largest absolute Gasteiger partial charge is 0.480 e. The van der Waals surface area contributed by atoms with Crippen LogP contribution >= 0.6 is 0 Å². The SMILES string of the molecule is CN(CCOCCOCC(=O)O)C(C)(C)C. The standard InChI is InChI=1S/C11H23NO4/c1-11(2,3)12(4)5-6-15-7-8-16-9-10(13)14/h5-9H2,1-4H3,(H,13,14). The number of carboxylic acid groups (broad SMARTS) is 1. The lowest BCUT2D eigenvalue weighted by atomic mass is 10.1. The van der Waals surface area contributed by atoms with E-state index >= 15 is 0 Å². The van der Waals surface area contributed by atoms with Gasteiger partial charge < -0.3 is 14.6 Å². The lowest BCUT2D eigenvalue weighted by Crippen LogP contribution is -2.40. The Hall–Kier alpha value is -0.650. The highest BCUT2D eigenvalue weighted by atomic mass is 16.5. The molecule has 0 aromatic heterocycles. The zero-order valence-electron chi connectivity index (χ0n) is 10.7. The molecule has 0 atom stereocenters. The molecule has 0 aromatic rings. The molecule has 0 spiro atoms. The number of carboxylic acids is 1. The lowest BCUT2D eigenvalue weighted by Gasteiger charge is -2.31. The van der Waals surface area contributed by atoms with E-state index in [1.54, 1.807) is 0 Å². The molecule has 1 N–H and O–H groups in total. The van der Waals surface area contributed by atoms with Crippen molar-refractivity contribution in [1.82, 2.24) is 4.90 Å². The van der Waals surface area contributed by atoms with Gasteiger partial charge in [0.1, 0.15) is 6.61 Å². The molecule has 0 saturated heterocycles. The first-order valence-corrected chi connectivity index (χ1v) is 5.42. The highest BCUT2D eigenvalue weighted by Gasteiger charge is 2.15. The van der Waals surface area contributed by atoms with Gasteiger partial charge in [0, 0.05) is 12.1 Å². The van der Waals surface area contributed by atoms with E-state index in [-0.39, 0.29) is 12.1 Å². The summed E-state index contributed by atoms with van der Waals surface area (Å²) < 4.78 is 10.2. The molecule has 0 amide bonds. The average Bonchev–Trinajstić information content (AvgIpc) is 2.14. The maximum Gasteiger partial charge on any atom is 0.329 e. The Morgan fingerprint density at radius 1 is 1.19 bits per heavy atom. The molecule has 0 unspecified atom stereocenters. The number of rotatable bonds is 8. The quantitative estimate of drug-likeness (QED) is 0.629. The molecule has 0 aromatic carbocycles. The molecule has 0 fully saturated rings. The molecule has 0 rings (SSSR count). The summed E-state index contributed by atoms with van der Waals surface area (Å²) in [6.45, 7) is 8.41. The fourth-order valence-corrected chi connectivity index (χ4v) is 0.916. The second-order valence-electron chi connectivity index (χ2n) is 4.65. The molecule has 16 heavy (non-hydrogen) atoms. The molecule has 0 radical (unpaired) electrons. The smallest absolute Gasteiger partial charge is 0.329 e. The number of nitrogens with zero attached hydrogens (tertiary/aromatic N) is 1. The van der Waals surface area contributed by atoms with Crippen molar-refractivity contribution in [3.8, 4) is 0 Å². The van der Waals surface area contributed by atoms with E-state index in [4.69, 9.17) is 14.6 Å². The van der Waals surface area contributed by atoms with E-state index < -0.39 is 5.97 Å². The van der Waals surface area contributed by atoms with Crippen molar-refractivity contribution in [2.45, 2.75) is 26.3 Å². The van der Waals surface area contributed by atoms with Crippen LogP contribution in [0.5, 0.6) is 0 Å². The summed E-state index contributed by atoms with van der Waals surface area (Å²) in [5.41, 5.74) is 0.142. The molecule has 0 heterocycles. The molecular formula is C11H23NO4. The summed E-state index contributed by atoms with van der Waals surface area (Å²) in [5, 5.41) is 8.31. The van der Waals surface area contributed by atoms with Gasteiger partial charge in [-0.15, -0.1) is 0 Å². The third-order valence-electron chi connectivity index (χ3n) is 2.31. The normalized spacial score (nSPS) is 12.1. The highest BCUT2D eigenvalue weighted by molar-refractivity contribution is 5.67. The monoisotopic (exact) mass is 233 g/mol. The van der Waals surface area contributed by atoms with Crippen LogP contribution in [0.4, 0.5) is 0 Å². The van der Waals surface area contributed by atoms with Crippen LogP contribution in [0.1, 0.15) is 20.8 Å². The number of carbonyl (C=O) groups is 1. The molecule has 5 heteroatoms. The van der Waals surface area contributed by atoms with Gasteiger partial charge in [-0.25, -0.2) is 4.79 Å². The number of hydrogen-bond donors (Lipinski definition) is 1. The second-order valence-corrected chi connectivity index (χ2v) is 4.65. The Morgan fingerprint density at radius 3 is 2.25 bits per heavy atom. The van der Waals surface area contributed by atoms with Crippen molar-refractivity contribution in [3.05, 3.63) is 0 Å². The summed E-state index contributed by atoms with van der Waals surface area (Å²) in [6.07, 6.45) is 0. The van der Waals surface area contributed by atoms with Crippen LogP contribution in [0, 0.1) is 0 Å². The molecule has 0 aliphatic rings. The van der Waals surface area contributed by atoms with E-state index in [1.807, 2.05) is 7.05 Å². The number of likely N-dealkylation sites (N-methyl/N-ethyl adjacent to an activating group) is 1. The van der Waals surface area contributed by atoms with Crippen molar-refractivity contribution in [2.24, 2.45) is 0 Å². The van der Waals surface area contributed by atoms with Crippen molar-refractivity contribution < 1.29 is 19.4 Å². The van der Waals surface area contributed by atoms with Gasteiger partial charge in [0.25, 0.3) is 0 Å². The molecule has 0 aliphatic carbocycles. The van der Waals surface area contributed by atoms with Crippen LogP contribution in [-0.2, 0) is 14.3 Å². The molecule has 0 aliphatic heterocycles. The zero-order valence-corrected chi connectivity index (χ0v) is 10.7.